The summed E-state index contributed by atoms with van der Waals surface area (Å²) in [7, 11) is 0. The van der Waals surface area contributed by atoms with Crippen LogP contribution in [0.4, 0.5) is 0 Å². The van der Waals surface area contributed by atoms with Crippen LogP contribution in [0.2, 0.25) is 5.02 Å². The Kier molecular flexibility index (Phi) is 3.63. The fourth-order valence-electron chi connectivity index (χ4n) is 2.17. The molecule has 4 heteroatoms. The fraction of sp³-hybridized carbons (Fsp3) is 0.125. The van der Waals surface area contributed by atoms with Crippen molar-refractivity contribution in [2.24, 2.45) is 0 Å². The number of H-pyrrole nitrogens is 1. The summed E-state index contributed by atoms with van der Waals surface area (Å²) in [4.78, 5) is 3.25. The van der Waals surface area contributed by atoms with Crippen LogP contribution in [-0.2, 0) is 6.42 Å². The van der Waals surface area contributed by atoms with Gasteiger partial charge in [0.25, 0.3) is 0 Å². The normalized spacial score (nSPS) is 10.9. The highest BCUT2D eigenvalue weighted by Gasteiger charge is 2.11. The van der Waals surface area contributed by atoms with Crippen molar-refractivity contribution in [2.45, 2.75) is 6.42 Å². The summed E-state index contributed by atoms with van der Waals surface area (Å²) in [6, 6.07) is 15.2. The zero-order chi connectivity index (χ0) is 13.9. The van der Waals surface area contributed by atoms with Crippen LogP contribution in [0.1, 0.15) is 5.69 Å². The van der Waals surface area contributed by atoms with Gasteiger partial charge >= 0.3 is 0 Å². The number of para-hydroxylation sites is 1. The number of aromatic nitrogens is 1. The van der Waals surface area contributed by atoms with E-state index in [1.807, 2.05) is 42.5 Å². The van der Waals surface area contributed by atoms with Crippen molar-refractivity contribution in [2.75, 3.05) is 6.61 Å². The minimum atomic E-state index is 0.107. The van der Waals surface area contributed by atoms with Crippen LogP contribution >= 0.6 is 11.6 Å². The SMILES string of the molecule is OCCc1cc2c(Oc3ccccc3)c(Cl)ccc2[nH]1. The molecule has 102 valence electrons. The number of rotatable bonds is 4. The van der Waals surface area contributed by atoms with E-state index >= 15 is 0 Å². The molecule has 0 radical (unpaired) electrons. The lowest BCUT2D eigenvalue weighted by Crippen LogP contribution is -1.88. The monoisotopic (exact) mass is 287 g/mol. The summed E-state index contributed by atoms with van der Waals surface area (Å²) in [6.45, 7) is 0.107. The molecule has 20 heavy (non-hydrogen) atoms. The second kappa shape index (κ2) is 5.57. The molecule has 0 atom stereocenters. The van der Waals surface area contributed by atoms with Gasteiger partial charge < -0.3 is 14.8 Å². The van der Waals surface area contributed by atoms with E-state index in [0.29, 0.717) is 17.2 Å². The Morgan fingerprint density at radius 1 is 1.10 bits per heavy atom. The van der Waals surface area contributed by atoms with Crippen molar-refractivity contribution in [3.63, 3.8) is 0 Å². The minimum Gasteiger partial charge on any atom is -0.455 e. The average molecular weight is 288 g/mol. The summed E-state index contributed by atoms with van der Waals surface area (Å²) in [5, 5.41) is 10.5. The number of ether oxygens (including phenoxy) is 1. The summed E-state index contributed by atoms with van der Waals surface area (Å²) in [5.41, 5.74) is 1.91. The molecular weight excluding hydrogens is 274 g/mol. The van der Waals surface area contributed by atoms with Crippen molar-refractivity contribution in [3.8, 4) is 11.5 Å². The first-order valence-corrected chi connectivity index (χ1v) is 6.79. The highest BCUT2D eigenvalue weighted by molar-refractivity contribution is 6.33. The lowest BCUT2D eigenvalue weighted by atomic mass is 10.2. The van der Waals surface area contributed by atoms with Gasteiger partial charge in [-0.05, 0) is 30.3 Å². The van der Waals surface area contributed by atoms with E-state index in [9.17, 15) is 0 Å². The maximum Gasteiger partial charge on any atom is 0.155 e. The lowest BCUT2D eigenvalue weighted by Gasteiger charge is -2.08. The number of hydrogen-bond acceptors (Lipinski definition) is 2. The molecule has 0 aliphatic carbocycles. The van der Waals surface area contributed by atoms with Gasteiger partial charge in [0.1, 0.15) is 5.75 Å². The summed E-state index contributed by atoms with van der Waals surface area (Å²) in [5.74, 6) is 1.38. The van der Waals surface area contributed by atoms with Crippen LogP contribution in [-0.4, -0.2) is 16.7 Å². The molecule has 0 amide bonds. The number of halogens is 1. The smallest absolute Gasteiger partial charge is 0.155 e. The first-order valence-electron chi connectivity index (χ1n) is 6.42. The maximum atomic E-state index is 9.03. The Labute approximate surface area is 121 Å². The van der Waals surface area contributed by atoms with E-state index in [0.717, 1.165) is 22.3 Å². The highest BCUT2D eigenvalue weighted by Crippen LogP contribution is 2.37. The Morgan fingerprint density at radius 2 is 1.90 bits per heavy atom. The Balaban J connectivity index is 2.06. The number of fused-ring (bicyclic) bond motifs is 1. The highest BCUT2D eigenvalue weighted by atomic mass is 35.5. The number of aliphatic hydroxyl groups is 1. The molecule has 0 saturated carbocycles. The van der Waals surface area contributed by atoms with Gasteiger partial charge in [-0.2, -0.15) is 0 Å². The zero-order valence-electron chi connectivity index (χ0n) is 10.8. The maximum absolute atomic E-state index is 9.03. The molecule has 0 bridgehead atoms. The van der Waals surface area contributed by atoms with Gasteiger partial charge in [-0.15, -0.1) is 0 Å². The number of nitrogens with one attached hydrogen (secondary N) is 1. The molecule has 3 rings (SSSR count). The lowest BCUT2D eigenvalue weighted by molar-refractivity contribution is 0.298. The Morgan fingerprint density at radius 3 is 2.65 bits per heavy atom. The number of benzene rings is 2. The van der Waals surface area contributed by atoms with E-state index in [1.165, 1.54) is 0 Å². The van der Waals surface area contributed by atoms with Crippen LogP contribution in [0.25, 0.3) is 10.9 Å². The number of aromatic amines is 1. The van der Waals surface area contributed by atoms with E-state index in [-0.39, 0.29) is 6.61 Å². The van der Waals surface area contributed by atoms with Gasteiger partial charge in [-0.3, -0.25) is 0 Å². The van der Waals surface area contributed by atoms with Crippen molar-refractivity contribution >= 4 is 22.5 Å². The van der Waals surface area contributed by atoms with Crippen molar-refractivity contribution in [1.29, 1.82) is 0 Å². The van der Waals surface area contributed by atoms with Gasteiger partial charge in [0.2, 0.25) is 0 Å². The second-order valence-electron chi connectivity index (χ2n) is 4.52. The minimum absolute atomic E-state index is 0.107. The van der Waals surface area contributed by atoms with E-state index in [2.05, 4.69) is 4.98 Å². The van der Waals surface area contributed by atoms with E-state index in [4.69, 9.17) is 21.4 Å². The van der Waals surface area contributed by atoms with Crippen LogP contribution in [0.15, 0.2) is 48.5 Å². The first kappa shape index (κ1) is 13.0. The molecule has 0 saturated heterocycles. The first-order chi connectivity index (χ1) is 9.78. The molecule has 0 aliphatic rings. The number of hydrogen-bond donors (Lipinski definition) is 2. The molecule has 3 aromatic rings. The quantitative estimate of drug-likeness (QED) is 0.757. The predicted octanol–water partition coefficient (Wildman–Crippen LogP) is 4.15. The van der Waals surface area contributed by atoms with Gasteiger partial charge in [-0.1, -0.05) is 29.8 Å². The summed E-state index contributed by atoms with van der Waals surface area (Å²) >= 11 is 6.25. The standard InChI is InChI=1S/C16H14ClNO2/c17-14-6-7-15-13(10-11(18-15)8-9-19)16(14)20-12-4-2-1-3-5-12/h1-7,10,18-19H,8-9H2. The van der Waals surface area contributed by atoms with Crippen molar-refractivity contribution in [3.05, 3.63) is 59.2 Å². The van der Waals surface area contributed by atoms with Crippen LogP contribution in [0.5, 0.6) is 11.5 Å². The Bertz CT molecular complexity index is 722. The summed E-state index contributed by atoms with van der Waals surface area (Å²) < 4.78 is 5.90. The van der Waals surface area contributed by atoms with Gasteiger partial charge in [0, 0.05) is 29.6 Å². The molecule has 0 spiro atoms. The molecule has 0 aliphatic heterocycles. The predicted molar refractivity (Wildman–Crippen MR) is 80.6 cm³/mol. The Hall–Kier alpha value is -1.97. The molecule has 2 N–H and O–H groups in total. The molecule has 0 fully saturated rings. The van der Waals surface area contributed by atoms with Crippen molar-refractivity contribution in [1.82, 2.24) is 4.98 Å². The van der Waals surface area contributed by atoms with Crippen LogP contribution < -0.4 is 4.74 Å². The second-order valence-corrected chi connectivity index (χ2v) is 4.93. The molecule has 2 aromatic carbocycles. The number of aliphatic hydroxyl groups excluding tert-OH is 1. The van der Waals surface area contributed by atoms with Gasteiger partial charge in [0.05, 0.1) is 5.02 Å². The molecular formula is C16H14ClNO2. The molecule has 3 nitrogen and oxygen atoms in total. The van der Waals surface area contributed by atoms with Crippen molar-refractivity contribution < 1.29 is 9.84 Å². The average Bonchev–Trinajstić information content (AvgIpc) is 2.87. The zero-order valence-corrected chi connectivity index (χ0v) is 11.5. The third-order valence-corrected chi connectivity index (χ3v) is 3.40. The van der Waals surface area contributed by atoms with Crippen LogP contribution in [0, 0.1) is 0 Å². The third-order valence-electron chi connectivity index (χ3n) is 3.11. The van der Waals surface area contributed by atoms with E-state index in [1.54, 1.807) is 6.07 Å². The van der Waals surface area contributed by atoms with Crippen LogP contribution in [0.3, 0.4) is 0 Å². The largest absolute Gasteiger partial charge is 0.455 e. The van der Waals surface area contributed by atoms with E-state index < -0.39 is 0 Å². The molecule has 1 aromatic heterocycles. The van der Waals surface area contributed by atoms with Gasteiger partial charge in [0.15, 0.2) is 5.75 Å². The third kappa shape index (κ3) is 2.50. The van der Waals surface area contributed by atoms with Gasteiger partial charge in [-0.25, -0.2) is 0 Å². The summed E-state index contributed by atoms with van der Waals surface area (Å²) in [6.07, 6.45) is 0.580. The topological polar surface area (TPSA) is 45.2 Å². The molecule has 0 unspecified atom stereocenters. The molecule has 1 heterocycles. The fourth-order valence-corrected chi connectivity index (χ4v) is 2.38.